The molecule has 0 bridgehead atoms. The summed E-state index contributed by atoms with van der Waals surface area (Å²) >= 11 is 0. The highest BCUT2D eigenvalue weighted by Crippen LogP contribution is 2.24. The molecule has 2 rings (SSSR count). The molecule has 0 aromatic heterocycles. The quantitative estimate of drug-likeness (QED) is 0.431. The third-order valence-electron chi connectivity index (χ3n) is 4.56. The van der Waals surface area contributed by atoms with Crippen LogP contribution in [0.3, 0.4) is 0 Å². The van der Waals surface area contributed by atoms with Crippen molar-refractivity contribution in [3.8, 4) is 0 Å². The van der Waals surface area contributed by atoms with Crippen LogP contribution in [0.5, 0.6) is 0 Å². The first-order valence-corrected chi connectivity index (χ1v) is 10.2. The first-order chi connectivity index (χ1) is 9.21. The van der Waals surface area contributed by atoms with Gasteiger partial charge < -0.3 is 13.9 Å². The average Bonchev–Trinajstić information content (AvgIpc) is 3.31. The Kier molecular flexibility index (Phi) is 5.83. The highest BCUT2D eigenvalue weighted by Gasteiger charge is 2.32. The fraction of sp³-hybridized carbons (Fsp3) is 1.00. The monoisotopic (exact) mass is 287 g/mol. The lowest BCUT2D eigenvalue weighted by atomic mass is 10.3. The normalized spacial score (nSPS) is 25.9. The summed E-state index contributed by atoms with van der Waals surface area (Å²) in [6.07, 6.45) is 2.22. The molecule has 2 atom stereocenters. The van der Waals surface area contributed by atoms with Crippen molar-refractivity contribution in [3.05, 3.63) is 0 Å². The first-order valence-electron chi connectivity index (χ1n) is 7.72. The first kappa shape index (κ1) is 15.4. The second kappa shape index (κ2) is 7.18. The fourth-order valence-corrected chi connectivity index (χ4v) is 5.59. The summed E-state index contributed by atoms with van der Waals surface area (Å²) in [6, 6.07) is 3.75. The minimum atomic E-state index is -1.42. The molecule has 0 radical (unpaired) electrons. The summed E-state index contributed by atoms with van der Waals surface area (Å²) in [4.78, 5) is 2.52. The summed E-state index contributed by atoms with van der Waals surface area (Å²) in [5, 5.41) is 0. The number of rotatable bonds is 11. The molecule has 112 valence electrons. The largest absolute Gasteiger partial charge is 0.420 e. The lowest BCUT2D eigenvalue weighted by Gasteiger charge is -2.28. The van der Waals surface area contributed by atoms with Gasteiger partial charge in [0.25, 0.3) is 0 Å². The van der Waals surface area contributed by atoms with Crippen LogP contribution >= 0.6 is 0 Å². The lowest BCUT2D eigenvalue weighted by molar-refractivity contribution is 0.219. The average molecular weight is 287 g/mol. The maximum absolute atomic E-state index is 5.88. The predicted molar refractivity (Wildman–Crippen MR) is 79.1 cm³/mol. The van der Waals surface area contributed by atoms with Crippen LogP contribution in [0.15, 0.2) is 0 Å². The third kappa shape index (κ3) is 5.15. The van der Waals surface area contributed by atoms with E-state index in [0.29, 0.717) is 12.2 Å². The van der Waals surface area contributed by atoms with Crippen molar-refractivity contribution in [2.75, 3.05) is 40.0 Å². The molecule has 2 saturated heterocycles. The van der Waals surface area contributed by atoms with E-state index in [-0.39, 0.29) is 0 Å². The van der Waals surface area contributed by atoms with Gasteiger partial charge in [-0.05, 0) is 31.1 Å². The van der Waals surface area contributed by atoms with Crippen LogP contribution in [-0.4, -0.2) is 65.4 Å². The molecule has 0 spiro atoms. The smallest absolute Gasteiger partial charge is 0.191 e. The van der Waals surface area contributed by atoms with Crippen molar-refractivity contribution in [1.82, 2.24) is 4.90 Å². The van der Waals surface area contributed by atoms with E-state index in [1.54, 1.807) is 0 Å². The van der Waals surface area contributed by atoms with Crippen LogP contribution in [0, 0.1) is 0 Å². The van der Waals surface area contributed by atoms with Crippen LogP contribution in [-0.2, 0) is 13.9 Å². The van der Waals surface area contributed by atoms with Crippen molar-refractivity contribution in [2.24, 2.45) is 0 Å². The molecular formula is C14H29NO3Si. The standard InChI is InChI=1S/C14H29NO3Si/c1-4-19(5-2,16-3)8-6-7-15(9-13-11-17-13)10-14-12-18-14/h13-14H,4-12H2,1-3H3. The Hall–Kier alpha value is 0.0569. The number of epoxide rings is 2. The van der Waals surface area contributed by atoms with Gasteiger partial charge in [-0.2, -0.15) is 0 Å². The van der Waals surface area contributed by atoms with Gasteiger partial charge in [-0.25, -0.2) is 0 Å². The van der Waals surface area contributed by atoms with Gasteiger partial charge in [0.2, 0.25) is 0 Å². The zero-order valence-corrected chi connectivity index (χ0v) is 13.7. The molecule has 5 heteroatoms. The Morgan fingerprint density at radius 1 is 1.11 bits per heavy atom. The molecule has 0 aliphatic carbocycles. The Labute approximate surface area is 118 Å². The molecule has 0 aromatic carbocycles. The van der Waals surface area contributed by atoms with Gasteiger partial charge in [-0.1, -0.05) is 13.8 Å². The molecule has 2 aliphatic heterocycles. The van der Waals surface area contributed by atoms with E-state index >= 15 is 0 Å². The van der Waals surface area contributed by atoms with Gasteiger partial charge >= 0.3 is 0 Å². The zero-order valence-electron chi connectivity index (χ0n) is 12.7. The Bertz CT molecular complexity index is 243. The van der Waals surface area contributed by atoms with E-state index < -0.39 is 8.32 Å². The summed E-state index contributed by atoms with van der Waals surface area (Å²) in [5.41, 5.74) is 0. The van der Waals surface area contributed by atoms with Crippen LogP contribution in [0.25, 0.3) is 0 Å². The minimum absolute atomic E-state index is 0.487. The van der Waals surface area contributed by atoms with Crippen molar-refractivity contribution < 1.29 is 13.9 Å². The minimum Gasteiger partial charge on any atom is -0.420 e. The van der Waals surface area contributed by atoms with E-state index in [1.807, 2.05) is 7.11 Å². The molecule has 4 nitrogen and oxygen atoms in total. The second-order valence-electron chi connectivity index (χ2n) is 5.87. The molecule has 0 saturated carbocycles. The van der Waals surface area contributed by atoms with Crippen molar-refractivity contribution in [1.29, 1.82) is 0 Å². The highest BCUT2D eigenvalue weighted by atomic mass is 28.4. The Morgan fingerprint density at radius 2 is 1.63 bits per heavy atom. The zero-order chi connectivity index (χ0) is 13.7. The van der Waals surface area contributed by atoms with E-state index in [9.17, 15) is 0 Å². The maximum Gasteiger partial charge on any atom is 0.191 e. The second-order valence-corrected chi connectivity index (χ2v) is 10.6. The summed E-state index contributed by atoms with van der Waals surface area (Å²) in [5.74, 6) is 0. The van der Waals surface area contributed by atoms with E-state index in [4.69, 9.17) is 13.9 Å². The van der Waals surface area contributed by atoms with Gasteiger partial charge in [0, 0.05) is 20.2 Å². The van der Waals surface area contributed by atoms with Crippen LogP contribution in [0.4, 0.5) is 0 Å². The topological polar surface area (TPSA) is 37.5 Å². The van der Waals surface area contributed by atoms with Gasteiger partial charge in [0.1, 0.15) is 0 Å². The highest BCUT2D eigenvalue weighted by molar-refractivity contribution is 6.73. The fourth-order valence-electron chi connectivity index (χ4n) is 2.80. The molecule has 2 unspecified atom stereocenters. The summed E-state index contributed by atoms with van der Waals surface area (Å²) < 4.78 is 16.6. The van der Waals surface area contributed by atoms with Gasteiger partial charge in [-0.3, -0.25) is 4.90 Å². The van der Waals surface area contributed by atoms with Gasteiger partial charge in [-0.15, -0.1) is 0 Å². The lowest BCUT2D eigenvalue weighted by Crippen LogP contribution is -2.38. The Morgan fingerprint density at radius 3 is 2.00 bits per heavy atom. The third-order valence-corrected chi connectivity index (χ3v) is 9.26. The molecule has 2 heterocycles. The number of hydrogen-bond acceptors (Lipinski definition) is 4. The van der Waals surface area contributed by atoms with Crippen molar-refractivity contribution >= 4 is 8.32 Å². The summed E-state index contributed by atoms with van der Waals surface area (Å²) in [6.45, 7) is 9.79. The van der Waals surface area contributed by atoms with E-state index in [0.717, 1.165) is 32.8 Å². The number of nitrogens with zero attached hydrogens (tertiary/aromatic N) is 1. The van der Waals surface area contributed by atoms with Gasteiger partial charge in [0.15, 0.2) is 8.32 Å². The SMILES string of the molecule is CC[Si](CC)(CCCN(CC1CO1)CC1CO1)OC. The van der Waals surface area contributed by atoms with Crippen LogP contribution in [0.1, 0.15) is 20.3 Å². The maximum atomic E-state index is 5.88. The molecule has 0 N–H and O–H groups in total. The number of hydrogen-bond donors (Lipinski definition) is 0. The predicted octanol–water partition coefficient (Wildman–Crippen LogP) is 2.11. The van der Waals surface area contributed by atoms with Crippen LogP contribution in [0.2, 0.25) is 18.1 Å². The molecule has 19 heavy (non-hydrogen) atoms. The van der Waals surface area contributed by atoms with Crippen LogP contribution < -0.4 is 0 Å². The molecular weight excluding hydrogens is 258 g/mol. The molecule has 0 amide bonds. The van der Waals surface area contributed by atoms with Crippen molar-refractivity contribution in [3.63, 3.8) is 0 Å². The summed E-state index contributed by atoms with van der Waals surface area (Å²) in [7, 11) is 0.488. The Balaban J connectivity index is 1.70. The molecule has 0 aromatic rings. The van der Waals surface area contributed by atoms with Crippen molar-refractivity contribution in [2.45, 2.75) is 50.6 Å². The van der Waals surface area contributed by atoms with E-state index in [1.165, 1.54) is 24.6 Å². The number of ether oxygens (including phenoxy) is 2. The van der Waals surface area contributed by atoms with Gasteiger partial charge in [0.05, 0.1) is 25.4 Å². The van der Waals surface area contributed by atoms with E-state index in [2.05, 4.69) is 18.7 Å². The molecule has 2 fully saturated rings. The molecule has 2 aliphatic rings.